The van der Waals surface area contributed by atoms with Gasteiger partial charge in [-0.2, -0.15) is 0 Å². The Kier molecular flexibility index (Phi) is 5.81. The molecule has 0 saturated heterocycles. The molecule has 0 atom stereocenters. The molecule has 226 valence electrons. The van der Waals surface area contributed by atoms with E-state index >= 15 is 0 Å². The molecule has 0 aliphatic rings. The molecule has 0 spiro atoms. The van der Waals surface area contributed by atoms with E-state index in [-0.39, 0.29) is 0 Å². The van der Waals surface area contributed by atoms with Crippen molar-refractivity contribution >= 4 is 72.0 Å². The molecule has 48 heavy (non-hydrogen) atoms. The molecule has 3 aromatic heterocycles. The number of aromatic nitrogens is 1. The Labute approximate surface area is 274 Å². The van der Waals surface area contributed by atoms with Crippen molar-refractivity contribution in [2.75, 3.05) is 4.90 Å². The molecule has 7 aromatic carbocycles. The average molecular weight is 619 g/mol. The van der Waals surface area contributed by atoms with Crippen molar-refractivity contribution in [1.29, 1.82) is 0 Å². The van der Waals surface area contributed by atoms with Crippen LogP contribution in [0.1, 0.15) is 0 Å². The predicted octanol–water partition coefficient (Wildman–Crippen LogP) is 12.4. The molecule has 0 amide bonds. The van der Waals surface area contributed by atoms with Gasteiger partial charge in [-0.15, -0.1) is 0 Å². The Morgan fingerprint density at radius 2 is 1.04 bits per heavy atom. The van der Waals surface area contributed by atoms with E-state index in [0.717, 1.165) is 88.7 Å². The Hall–Kier alpha value is -6.59. The fourth-order valence-corrected chi connectivity index (χ4v) is 6.96. The lowest BCUT2D eigenvalue weighted by atomic mass is 9.99. The van der Waals surface area contributed by atoms with Gasteiger partial charge in [0.1, 0.15) is 27.8 Å². The summed E-state index contributed by atoms with van der Waals surface area (Å²) in [5.74, 6) is 0.579. The maximum Gasteiger partial charge on any atom is 0.228 e. The van der Waals surface area contributed by atoms with Crippen LogP contribution in [0, 0.1) is 0 Å². The number of hydrogen-bond acceptors (Lipinski definition) is 5. The molecule has 10 aromatic rings. The molecule has 0 N–H and O–H groups in total. The van der Waals surface area contributed by atoms with Crippen molar-refractivity contribution in [1.82, 2.24) is 4.98 Å². The highest BCUT2D eigenvalue weighted by atomic mass is 16.4. The molecule has 0 bridgehead atoms. The van der Waals surface area contributed by atoms with Crippen molar-refractivity contribution in [3.63, 3.8) is 0 Å². The number of benzene rings is 7. The van der Waals surface area contributed by atoms with Crippen LogP contribution in [0.4, 0.5) is 17.1 Å². The lowest BCUT2D eigenvalue weighted by Gasteiger charge is -2.25. The first-order valence-corrected chi connectivity index (χ1v) is 16.0. The first kappa shape index (κ1) is 26.6. The summed E-state index contributed by atoms with van der Waals surface area (Å²) in [6.45, 7) is 0. The van der Waals surface area contributed by atoms with E-state index in [2.05, 4.69) is 102 Å². The van der Waals surface area contributed by atoms with Crippen LogP contribution in [0.25, 0.3) is 77.6 Å². The van der Waals surface area contributed by atoms with E-state index in [1.54, 1.807) is 0 Å². The third kappa shape index (κ3) is 4.15. The summed E-state index contributed by atoms with van der Waals surface area (Å²) in [6.07, 6.45) is 0. The van der Waals surface area contributed by atoms with Crippen LogP contribution in [-0.2, 0) is 0 Å². The molecule has 5 nitrogen and oxygen atoms in total. The third-order valence-corrected chi connectivity index (χ3v) is 9.10. The summed E-state index contributed by atoms with van der Waals surface area (Å²) in [5, 5.41) is 4.16. The highest BCUT2D eigenvalue weighted by Crippen LogP contribution is 2.44. The van der Waals surface area contributed by atoms with Gasteiger partial charge in [0.05, 0.1) is 0 Å². The van der Waals surface area contributed by atoms with E-state index < -0.39 is 0 Å². The zero-order valence-electron chi connectivity index (χ0n) is 25.6. The summed E-state index contributed by atoms with van der Waals surface area (Å²) in [6, 6.07) is 53.9. The number of rotatable bonds is 5. The maximum atomic E-state index is 6.52. The van der Waals surface area contributed by atoms with E-state index in [4.69, 9.17) is 18.2 Å². The minimum absolute atomic E-state index is 0.579. The summed E-state index contributed by atoms with van der Waals surface area (Å²) >= 11 is 0. The second kappa shape index (κ2) is 10.5. The van der Waals surface area contributed by atoms with Crippen LogP contribution in [0.15, 0.2) is 171 Å². The Balaban J connectivity index is 1.16. The number of hydrogen-bond donors (Lipinski definition) is 0. The van der Waals surface area contributed by atoms with Crippen molar-refractivity contribution < 1.29 is 13.3 Å². The minimum atomic E-state index is 0.579. The summed E-state index contributed by atoms with van der Waals surface area (Å²) in [7, 11) is 0. The monoisotopic (exact) mass is 618 g/mol. The molecule has 10 rings (SSSR count). The first-order chi connectivity index (χ1) is 23.8. The van der Waals surface area contributed by atoms with E-state index in [9.17, 15) is 0 Å². The summed E-state index contributed by atoms with van der Waals surface area (Å²) in [4.78, 5) is 7.05. The fourth-order valence-electron chi connectivity index (χ4n) is 6.96. The SMILES string of the molecule is c1ccc(-c2cccc3oc4ccc(N(c5ccccc5)c5ccc6c(c5)oc5cccc(-c7nc8ccccc8o7)c56)cc4c23)cc1. The van der Waals surface area contributed by atoms with Gasteiger partial charge in [0.15, 0.2) is 5.58 Å². The zero-order chi connectivity index (χ0) is 31.6. The number of furan rings is 2. The van der Waals surface area contributed by atoms with E-state index in [0.29, 0.717) is 5.89 Å². The maximum absolute atomic E-state index is 6.52. The number of anilines is 3. The second-order valence-electron chi connectivity index (χ2n) is 11.9. The molecule has 0 radical (unpaired) electrons. The van der Waals surface area contributed by atoms with Crippen molar-refractivity contribution in [3.8, 4) is 22.6 Å². The summed E-state index contributed by atoms with van der Waals surface area (Å²) in [5.41, 5.74) is 11.1. The van der Waals surface area contributed by atoms with Crippen molar-refractivity contribution in [2.45, 2.75) is 0 Å². The van der Waals surface area contributed by atoms with Crippen LogP contribution >= 0.6 is 0 Å². The van der Waals surface area contributed by atoms with Gasteiger partial charge in [-0.3, -0.25) is 0 Å². The van der Waals surface area contributed by atoms with Gasteiger partial charge in [-0.05, 0) is 83.9 Å². The first-order valence-electron chi connectivity index (χ1n) is 16.0. The largest absolute Gasteiger partial charge is 0.456 e. The quantitative estimate of drug-likeness (QED) is 0.192. The topological polar surface area (TPSA) is 55.6 Å². The second-order valence-corrected chi connectivity index (χ2v) is 11.9. The van der Waals surface area contributed by atoms with Crippen LogP contribution in [-0.4, -0.2) is 4.98 Å². The van der Waals surface area contributed by atoms with Crippen LogP contribution in [0.3, 0.4) is 0 Å². The molecular weight excluding hydrogens is 592 g/mol. The molecule has 0 aliphatic carbocycles. The average Bonchev–Trinajstić information content (AvgIpc) is 3.85. The number of para-hydroxylation sites is 3. The van der Waals surface area contributed by atoms with Gasteiger partial charge in [-0.25, -0.2) is 4.98 Å². The molecule has 0 aliphatic heterocycles. The number of nitrogens with zero attached hydrogens (tertiary/aromatic N) is 2. The van der Waals surface area contributed by atoms with Gasteiger partial charge < -0.3 is 18.2 Å². The molecule has 0 unspecified atom stereocenters. The third-order valence-electron chi connectivity index (χ3n) is 9.10. The highest BCUT2D eigenvalue weighted by Gasteiger charge is 2.21. The lowest BCUT2D eigenvalue weighted by molar-refractivity contribution is 0.620. The van der Waals surface area contributed by atoms with Gasteiger partial charge in [0.25, 0.3) is 0 Å². The minimum Gasteiger partial charge on any atom is -0.456 e. The molecule has 0 saturated carbocycles. The zero-order valence-corrected chi connectivity index (χ0v) is 25.6. The van der Waals surface area contributed by atoms with Gasteiger partial charge >= 0.3 is 0 Å². The van der Waals surface area contributed by atoms with Crippen molar-refractivity contribution in [2.24, 2.45) is 0 Å². The standard InChI is InChI=1S/C43H26N2O3/c1-3-11-27(12-4-1)31-15-9-19-38-41(31)34-25-29(22-24-36(34)46-38)45(28-13-5-2-6-14-28)30-21-23-32-40(26-30)47-39-20-10-16-33(42(32)39)43-44-35-17-7-8-18-37(35)48-43/h1-26H. The van der Waals surface area contributed by atoms with Crippen LogP contribution < -0.4 is 4.90 Å². The van der Waals surface area contributed by atoms with Gasteiger partial charge in [0.2, 0.25) is 5.89 Å². The number of fused-ring (bicyclic) bond motifs is 7. The number of oxazole rings is 1. The van der Waals surface area contributed by atoms with E-state index in [1.165, 1.54) is 0 Å². The highest BCUT2D eigenvalue weighted by molar-refractivity contribution is 6.14. The lowest BCUT2D eigenvalue weighted by Crippen LogP contribution is -2.09. The van der Waals surface area contributed by atoms with Crippen LogP contribution in [0.2, 0.25) is 0 Å². The summed E-state index contributed by atoms with van der Waals surface area (Å²) < 4.78 is 19.1. The normalized spacial score (nSPS) is 11.8. The fraction of sp³-hybridized carbons (Fsp3) is 0. The Morgan fingerprint density at radius 3 is 1.85 bits per heavy atom. The van der Waals surface area contributed by atoms with Crippen molar-refractivity contribution in [3.05, 3.63) is 158 Å². The van der Waals surface area contributed by atoms with E-state index in [1.807, 2.05) is 60.7 Å². The van der Waals surface area contributed by atoms with Crippen LogP contribution in [0.5, 0.6) is 0 Å². The molecule has 3 heterocycles. The van der Waals surface area contributed by atoms with Gasteiger partial charge in [-0.1, -0.05) is 78.9 Å². The predicted molar refractivity (Wildman–Crippen MR) is 194 cm³/mol. The molecule has 5 heteroatoms. The van der Waals surface area contributed by atoms with Gasteiger partial charge in [0, 0.05) is 50.2 Å². The molecular formula is C43H26N2O3. The Morgan fingerprint density at radius 1 is 0.396 bits per heavy atom. The Bertz CT molecular complexity index is 2760. The smallest absolute Gasteiger partial charge is 0.228 e. The molecule has 0 fully saturated rings.